The van der Waals surface area contributed by atoms with Crippen LogP contribution >= 0.6 is 11.3 Å². The molecule has 1 heterocycles. The van der Waals surface area contributed by atoms with E-state index in [0.717, 1.165) is 16.9 Å². The SMILES string of the molecule is NS(=O)(=O)c1ccc(CNc2ncc(C(=O)O)s2)cc1. The highest BCUT2D eigenvalue weighted by molar-refractivity contribution is 7.89. The first-order chi connectivity index (χ1) is 9.36. The number of nitrogens with two attached hydrogens (primary N) is 1. The number of nitrogens with one attached hydrogen (secondary N) is 1. The van der Waals surface area contributed by atoms with E-state index in [1.807, 2.05) is 0 Å². The maximum absolute atomic E-state index is 11.1. The van der Waals surface area contributed by atoms with Gasteiger partial charge in [0.15, 0.2) is 5.13 Å². The van der Waals surface area contributed by atoms with Crippen LogP contribution in [0.2, 0.25) is 0 Å². The van der Waals surface area contributed by atoms with Crippen LogP contribution in [-0.4, -0.2) is 24.5 Å². The van der Waals surface area contributed by atoms with Gasteiger partial charge in [0.25, 0.3) is 0 Å². The number of rotatable bonds is 5. The maximum atomic E-state index is 11.1. The molecule has 9 heteroatoms. The average molecular weight is 313 g/mol. The molecule has 7 nitrogen and oxygen atoms in total. The molecule has 2 aromatic rings. The van der Waals surface area contributed by atoms with E-state index in [1.54, 1.807) is 12.1 Å². The minimum atomic E-state index is -3.69. The van der Waals surface area contributed by atoms with Crippen molar-refractivity contribution in [3.05, 3.63) is 40.9 Å². The molecule has 0 fully saturated rings. The lowest BCUT2D eigenvalue weighted by Gasteiger charge is -2.04. The second kappa shape index (κ2) is 5.57. The van der Waals surface area contributed by atoms with Crippen molar-refractivity contribution in [1.29, 1.82) is 0 Å². The summed E-state index contributed by atoms with van der Waals surface area (Å²) in [4.78, 5) is 14.8. The van der Waals surface area contributed by atoms with E-state index in [2.05, 4.69) is 10.3 Å². The summed E-state index contributed by atoms with van der Waals surface area (Å²) in [5, 5.41) is 17.2. The van der Waals surface area contributed by atoms with Crippen molar-refractivity contribution in [3.8, 4) is 0 Å². The zero-order chi connectivity index (χ0) is 14.8. The van der Waals surface area contributed by atoms with Crippen molar-refractivity contribution >= 4 is 32.5 Å². The molecule has 0 atom stereocenters. The number of benzene rings is 1. The van der Waals surface area contributed by atoms with Crippen molar-refractivity contribution in [1.82, 2.24) is 4.98 Å². The Bertz CT molecular complexity index is 722. The van der Waals surface area contributed by atoms with Gasteiger partial charge in [0.1, 0.15) is 4.88 Å². The molecule has 0 aliphatic heterocycles. The third-order valence-corrected chi connectivity index (χ3v) is 4.28. The molecular weight excluding hydrogens is 302 g/mol. The molecule has 0 bridgehead atoms. The summed E-state index contributed by atoms with van der Waals surface area (Å²) in [5.41, 5.74) is 0.824. The normalized spacial score (nSPS) is 11.2. The monoisotopic (exact) mass is 313 g/mol. The van der Waals surface area contributed by atoms with Crippen LogP contribution in [0.5, 0.6) is 0 Å². The molecule has 0 saturated carbocycles. The van der Waals surface area contributed by atoms with Crippen LogP contribution in [0, 0.1) is 0 Å². The first-order valence-electron chi connectivity index (χ1n) is 5.41. The molecule has 0 radical (unpaired) electrons. The summed E-state index contributed by atoms with van der Waals surface area (Å²) in [6.07, 6.45) is 1.28. The molecule has 1 aromatic carbocycles. The van der Waals surface area contributed by atoms with E-state index < -0.39 is 16.0 Å². The lowest BCUT2D eigenvalue weighted by Crippen LogP contribution is -2.12. The van der Waals surface area contributed by atoms with Gasteiger partial charge in [-0.3, -0.25) is 0 Å². The third-order valence-electron chi connectivity index (χ3n) is 2.41. The van der Waals surface area contributed by atoms with Gasteiger partial charge in [-0.05, 0) is 17.7 Å². The highest BCUT2D eigenvalue weighted by Gasteiger charge is 2.09. The minimum absolute atomic E-state index is 0.0451. The largest absolute Gasteiger partial charge is 0.477 e. The predicted molar refractivity (Wildman–Crippen MR) is 74.2 cm³/mol. The molecule has 4 N–H and O–H groups in total. The van der Waals surface area contributed by atoms with Crippen LogP contribution < -0.4 is 10.5 Å². The zero-order valence-corrected chi connectivity index (χ0v) is 11.7. The van der Waals surface area contributed by atoms with Crippen LogP contribution in [0.25, 0.3) is 0 Å². The van der Waals surface area contributed by atoms with E-state index in [-0.39, 0.29) is 9.77 Å². The van der Waals surface area contributed by atoms with Gasteiger partial charge < -0.3 is 10.4 Å². The predicted octanol–water partition coefficient (Wildman–Crippen LogP) is 1.10. The summed E-state index contributed by atoms with van der Waals surface area (Å²) >= 11 is 1.03. The standard InChI is InChI=1S/C11H11N3O4S2/c12-20(17,18)8-3-1-7(2-4-8)5-13-11-14-6-9(19-11)10(15)16/h1-4,6H,5H2,(H,13,14)(H,15,16)(H2,12,17,18). The van der Waals surface area contributed by atoms with Crippen molar-refractivity contribution in [2.75, 3.05) is 5.32 Å². The van der Waals surface area contributed by atoms with E-state index in [0.29, 0.717) is 11.7 Å². The summed E-state index contributed by atoms with van der Waals surface area (Å²) in [5.74, 6) is -1.02. The number of primary sulfonamides is 1. The molecular formula is C11H11N3O4S2. The number of thiazole rings is 1. The van der Waals surface area contributed by atoms with Crippen LogP contribution in [-0.2, 0) is 16.6 Å². The van der Waals surface area contributed by atoms with Crippen molar-refractivity contribution in [2.24, 2.45) is 5.14 Å². The molecule has 0 saturated heterocycles. The number of carbonyl (C=O) groups is 1. The minimum Gasteiger partial charge on any atom is -0.477 e. The highest BCUT2D eigenvalue weighted by Crippen LogP contribution is 2.19. The fourth-order valence-electron chi connectivity index (χ4n) is 1.43. The smallest absolute Gasteiger partial charge is 0.347 e. The quantitative estimate of drug-likeness (QED) is 0.759. The summed E-state index contributed by atoms with van der Waals surface area (Å²) in [7, 11) is -3.69. The Labute approximate surface area is 119 Å². The third kappa shape index (κ3) is 3.53. The molecule has 20 heavy (non-hydrogen) atoms. The van der Waals surface area contributed by atoms with Gasteiger partial charge in [0.2, 0.25) is 10.0 Å². The molecule has 0 spiro atoms. The van der Waals surface area contributed by atoms with Gasteiger partial charge in [0.05, 0.1) is 11.1 Å². The average Bonchev–Trinajstić information content (AvgIpc) is 2.85. The van der Waals surface area contributed by atoms with Crippen molar-refractivity contribution in [3.63, 3.8) is 0 Å². The number of hydrogen-bond acceptors (Lipinski definition) is 6. The Morgan fingerprint density at radius 2 is 2.00 bits per heavy atom. The molecule has 0 aliphatic rings. The first kappa shape index (κ1) is 14.4. The lowest BCUT2D eigenvalue weighted by atomic mass is 10.2. The Hall–Kier alpha value is -1.97. The highest BCUT2D eigenvalue weighted by atomic mass is 32.2. The van der Waals surface area contributed by atoms with Gasteiger partial charge in [-0.2, -0.15) is 0 Å². The number of aromatic nitrogens is 1. The molecule has 106 valence electrons. The number of nitrogens with zero attached hydrogens (tertiary/aromatic N) is 1. The number of carboxylic acid groups (broad SMARTS) is 1. The summed E-state index contributed by atoms with van der Waals surface area (Å²) < 4.78 is 22.2. The number of hydrogen-bond donors (Lipinski definition) is 3. The van der Waals surface area contributed by atoms with Crippen LogP contribution in [0.3, 0.4) is 0 Å². The first-order valence-corrected chi connectivity index (χ1v) is 7.77. The van der Waals surface area contributed by atoms with Gasteiger partial charge in [-0.15, -0.1) is 0 Å². The van der Waals surface area contributed by atoms with Gasteiger partial charge >= 0.3 is 5.97 Å². The second-order valence-electron chi connectivity index (χ2n) is 3.88. The van der Waals surface area contributed by atoms with Gasteiger partial charge in [-0.1, -0.05) is 23.5 Å². The summed E-state index contributed by atoms with van der Waals surface area (Å²) in [6, 6.07) is 6.07. The Kier molecular flexibility index (Phi) is 4.02. The fraction of sp³-hybridized carbons (Fsp3) is 0.0909. The van der Waals surface area contributed by atoms with E-state index in [4.69, 9.17) is 10.2 Å². The molecule has 2 rings (SSSR count). The van der Waals surface area contributed by atoms with E-state index >= 15 is 0 Å². The van der Waals surface area contributed by atoms with E-state index in [9.17, 15) is 13.2 Å². The Balaban J connectivity index is 2.02. The second-order valence-corrected chi connectivity index (χ2v) is 6.47. The lowest BCUT2D eigenvalue weighted by molar-refractivity contribution is 0.0702. The van der Waals surface area contributed by atoms with Gasteiger partial charge in [0, 0.05) is 6.54 Å². The molecule has 0 aliphatic carbocycles. The maximum Gasteiger partial charge on any atom is 0.347 e. The van der Waals surface area contributed by atoms with Gasteiger partial charge in [-0.25, -0.2) is 23.3 Å². The van der Waals surface area contributed by atoms with E-state index in [1.165, 1.54) is 18.3 Å². The fourth-order valence-corrected chi connectivity index (χ4v) is 2.60. The number of sulfonamides is 1. The van der Waals surface area contributed by atoms with Crippen molar-refractivity contribution < 1.29 is 18.3 Å². The topological polar surface area (TPSA) is 122 Å². The number of aromatic carboxylic acids is 1. The molecule has 0 amide bonds. The Morgan fingerprint density at radius 1 is 1.35 bits per heavy atom. The summed E-state index contributed by atoms with van der Waals surface area (Å²) in [6.45, 7) is 0.400. The van der Waals surface area contributed by atoms with Crippen LogP contribution in [0.4, 0.5) is 5.13 Å². The molecule has 0 unspecified atom stereocenters. The van der Waals surface area contributed by atoms with Crippen LogP contribution in [0.1, 0.15) is 15.2 Å². The number of carboxylic acids is 1. The van der Waals surface area contributed by atoms with Crippen LogP contribution in [0.15, 0.2) is 35.4 Å². The van der Waals surface area contributed by atoms with Crippen molar-refractivity contribution in [2.45, 2.75) is 11.4 Å². The zero-order valence-electron chi connectivity index (χ0n) is 10.1. The Morgan fingerprint density at radius 3 is 2.50 bits per heavy atom. The molecule has 1 aromatic heterocycles. The number of anilines is 1.